The van der Waals surface area contributed by atoms with E-state index in [-0.39, 0.29) is 6.42 Å². The van der Waals surface area contributed by atoms with Crippen molar-refractivity contribution in [2.75, 3.05) is 5.73 Å². The molecular weight excluding hydrogens is 365 g/mol. The van der Waals surface area contributed by atoms with Crippen LogP contribution < -0.4 is 11.5 Å². The van der Waals surface area contributed by atoms with Crippen LogP contribution in [0.2, 0.25) is 0 Å². The molecule has 7 heteroatoms. The van der Waals surface area contributed by atoms with Crippen LogP contribution in [0.1, 0.15) is 24.4 Å². The summed E-state index contributed by atoms with van der Waals surface area (Å²) in [5, 5.41) is 0. The van der Waals surface area contributed by atoms with Crippen LogP contribution in [0, 0.1) is 0 Å². The van der Waals surface area contributed by atoms with Gasteiger partial charge in [0, 0.05) is 21.4 Å². The second kappa shape index (κ2) is 5.58. The molecule has 0 amide bonds. The smallest absolute Gasteiger partial charge is 0.389 e. The van der Waals surface area contributed by atoms with E-state index in [2.05, 4.69) is 31.9 Å². The summed E-state index contributed by atoms with van der Waals surface area (Å²) in [5.41, 5.74) is 12.4. The maximum absolute atomic E-state index is 12.1. The van der Waals surface area contributed by atoms with Gasteiger partial charge in [-0.25, -0.2) is 0 Å². The Kier molecular flexibility index (Phi) is 4.86. The first kappa shape index (κ1) is 14.8. The molecule has 0 aromatic heterocycles. The summed E-state index contributed by atoms with van der Waals surface area (Å²) in [7, 11) is 0. The normalized spacial score (nSPS) is 13.8. The number of anilines is 1. The van der Waals surface area contributed by atoms with Crippen molar-refractivity contribution < 1.29 is 13.2 Å². The Morgan fingerprint density at radius 2 is 1.82 bits per heavy atom. The summed E-state index contributed by atoms with van der Waals surface area (Å²) in [6.45, 7) is 0. The van der Waals surface area contributed by atoms with Crippen molar-refractivity contribution in [2.24, 2.45) is 5.73 Å². The summed E-state index contributed by atoms with van der Waals surface area (Å²) < 4.78 is 37.6. The van der Waals surface area contributed by atoms with Gasteiger partial charge in [-0.1, -0.05) is 15.9 Å². The van der Waals surface area contributed by atoms with Gasteiger partial charge >= 0.3 is 6.18 Å². The van der Waals surface area contributed by atoms with E-state index in [4.69, 9.17) is 11.5 Å². The van der Waals surface area contributed by atoms with Crippen LogP contribution in [0.4, 0.5) is 18.9 Å². The van der Waals surface area contributed by atoms with Crippen LogP contribution in [-0.4, -0.2) is 6.18 Å². The Balaban J connectivity index is 2.85. The first-order valence-electron chi connectivity index (χ1n) is 4.77. The molecule has 1 rings (SSSR count). The van der Waals surface area contributed by atoms with Crippen molar-refractivity contribution >= 4 is 37.5 Å². The van der Waals surface area contributed by atoms with Gasteiger partial charge in [-0.05, 0) is 40.0 Å². The van der Waals surface area contributed by atoms with Crippen molar-refractivity contribution in [1.82, 2.24) is 0 Å². The monoisotopic (exact) mass is 374 g/mol. The van der Waals surface area contributed by atoms with Crippen molar-refractivity contribution in [3.05, 3.63) is 26.6 Å². The van der Waals surface area contributed by atoms with Crippen molar-refractivity contribution in [1.29, 1.82) is 0 Å². The molecule has 0 aliphatic carbocycles. The Morgan fingerprint density at radius 1 is 1.24 bits per heavy atom. The largest absolute Gasteiger partial charge is 0.398 e. The minimum Gasteiger partial charge on any atom is -0.398 e. The highest BCUT2D eigenvalue weighted by Crippen LogP contribution is 2.34. The third-order valence-corrected chi connectivity index (χ3v) is 3.38. The molecule has 0 unspecified atom stereocenters. The van der Waals surface area contributed by atoms with Gasteiger partial charge < -0.3 is 11.5 Å². The molecule has 0 saturated carbocycles. The molecule has 1 atom stereocenters. The van der Waals surface area contributed by atoms with E-state index in [0.29, 0.717) is 15.7 Å². The van der Waals surface area contributed by atoms with E-state index >= 15 is 0 Å². The third kappa shape index (κ3) is 4.48. The number of hydrogen-bond donors (Lipinski definition) is 2. The van der Waals surface area contributed by atoms with Crippen LogP contribution in [0.3, 0.4) is 0 Å². The molecule has 0 bridgehead atoms. The highest BCUT2D eigenvalue weighted by atomic mass is 79.9. The topological polar surface area (TPSA) is 52.0 Å². The summed E-state index contributed by atoms with van der Waals surface area (Å²) >= 11 is 6.47. The van der Waals surface area contributed by atoms with Gasteiger partial charge in [0.25, 0.3) is 0 Å². The van der Waals surface area contributed by atoms with Gasteiger partial charge in [-0.2, -0.15) is 13.2 Å². The predicted octanol–water partition coefficient (Wildman–Crippen LogP) is 4.14. The number of alkyl halides is 3. The Morgan fingerprint density at radius 3 is 2.35 bits per heavy atom. The molecule has 0 aliphatic heterocycles. The van der Waals surface area contributed by atoms with Crippen molar-refractivity contribution in [2.45, 2.75) is 25.1 Å². The van der Waals surface area contributed by atoms with E-state index in [0.717, 1.165) is 4.47 Å². The van der Waals surface area contributed by atoms with Crippen LogP contribution in [0.25, 0.3) is 0 Å². The minimum absolute atomic E-state index is 0.184. The van der Waals surface area contributed by atoms with Crippen LogP contribution in [0.5, 0.6) is 0 Å². The minimum atomic E-state index is -4.20. The van der Waals surface area contributed by atoms with Gasteiger partial charge in [0.2, 0.25) is 0 Å². The van der Waals surface area contributed by atoms with Gasteiger partial charge in [0.1, 0.15) is 0 Å². The molecular formula is C10H11Br2F3N2. The Labute approximate surface area is 114 Å². The highest BCUT2D eigenvalue weighted by molar-refractivity contribution is 9.11. The van der Waals surface area contributed by atoms with E-state index in [1.54, 1.807) is 12.1 Å². The van der Waals surface area contributed by atoms with Crippen molar-refractivity contribution in [3.63, 3.8) is 0 Å². The van der Waals surface area contributed by atoms with E-state index in [1.807, 2.05) is 0 Å². The maximum atomic E-state index is 12.1. The van der Waals surface area contributed by atoms with Gasteiger partial charge in [0.05, 0.1) is 5.69 Å². The highest BCUT2D eigenvalue weighted by Gasteiger charge is 2.28. The number of rotatable bonds is 3. The van der Waals surface area contributed by atoms with Crippen LogP contribution in [0.15, 0.2) is 21.1 Å². The molecule has 0 saturated heterocycles. The molecule has 0 aliphatic rings. The molecule has 2 nitrogen and oxygen atoms in total. The molecule has 17 heavy (non-hydrogen) atoms. The zero-order chi connectivity index (χ0) is 13.2. The fraction of sp³-hybridized carbons (Fsp3) is 0.400. The number of halogens is 5. The van der Waals surface area contributed by atoms with E-state index in [1.165, 1.54) is 0 Å². The second-order valence-electron chi connectivity index (χ2n) is 3.65. The molecule has 1 aromatic carbocycles. The molecule has 96 valence electrons. The quantitative estimate of drug-likeness (QED) is 0.780. The lowest BCUT2D eigenvalue weighted by Crippen LogP contribution is -2.17. The summed E-state index contributed by atoms with van der Waals surface area (Å²) in [6.07, 6.45) is -5.30. The lowest BCUT2D eigenvalue weighted by molar-refractivity contribution is -0.136. The lowest BCUT2D eigenvalue weighted by atomic mass is 10.0. The Hall–Kier alpha value is -0.270. The van der Waals surface area contributed by atoms with Gasteiger partial charge in [0.15, 0.2) is 0 Å². The zero-order valence-corrected chi connectivity index (χ0v) is 11.9. The SMILES string of the molecule is Nc1c(Br)cc(Br)cc1[C@@H](N)CCC(F)(F)F. The number of nitrogen functional groups attached to an aromatic ring is 1. The molecule has 1 aromatic rings. The molecule has 0 spiro atoms. The van der Waals surface area contributed by atoms with E-state index < -0.39 is 18.6 Å². The number of benzene rings is 1. The third-order valence-electron chi connectivity index (χ3n) is 2.26. The summed E-state index contributed by atoms with van der Waals surface area (Å²) in [6, 6.07) is 2.63. The zero-order valence-electron chi connectivity index (χ0n) is 8.69. The molecule has 0 heterocycles. The fourth-order valence-corrected chi connectivity index (χ4v) is 2.64. The first-order valence-corrected chi connectivity index (χ1v) is 6.36. The number of hydrogen-bond acceptors (Lipinski definition) is 2. The summed E-state index contributed by atoms with van der Waals surface area (Å²) in [5.74, 6) is 0. The van der Waals surface area contributed by atoms with Crippen LogP contribution in [-0.2, 0) is 0 Å². The van der Waals surface area contributed by atoms with Crippen molar-refractivity contribution in [3.8, 4) is 0 Å². The maximum Gasteiger partial charge on any atom is 0.389 e. The molecule has 0 fully saturated rings. The summed E-state index contributed by atoms with van der Waals surface area (Å²) in [4.78, 5) is 0. The second-order valence-corrected chi connectivity index (χ2v) is 5.42. The average molecular weight is 376 g/mol. The standard InChI is InChI=1S/C10H11Br2F3N2/c11-5-3-6(9(17)7(12)4-5)8(16)1-2-10(13,14)15/h3-4,8H,1-2,16-17H2/t8-/m0/s1. The molecule has 0 radical (unpaired) electrons. The average Bonchev–Trinajstić information content (AvgIpc) is 2.19. The van der Waals surface area contributed by atoms with E-state index in [9.17, 15) is 13.2 Å². The van der Waals surface area contributed by atoms with Gasteiger partial charge in [-0.3, -0.25) is 0 Å². The molecule has 4 N–H and O–H groups in total. The predicted molar refractivity (Wildman–Crippen MR) is 68.5 cm³/mol. The number of nitrogens with two attached hydrogens (primary N) is 2. The fourth-order valence-electron chi connectivity index (χ4n) is 1.39. The van der Waals surface area contributed by atoms with Crippen LogP contribution >= 0.6 is 31.9 Å². The first-order chi connectivity index (χ1) is 7.70. The lowest BCUT2D eigenvalue weighted by Gasteiger charge is -2.17. The Bertz CT molecular complexity index is 407. The van der Waals surface area contributed by atoms with Gasteiger partial charge in [-0.15, -0.1) is 0 Å².